The lowest BCUT2D eigenvalue weighted by atomic mass is 10.0. The summed E-state index contributed by atoms with van der Waals surface area (Å²) in [6.45, 7) is 3.53. The maximum absolute atomic E-state index is 12.8. The minimum absolute atomic E-state index is 0.0461. The van der Waals surface area contributed by atoms with Crippen molar-refractivity contribution in [1.82, 2.24) is 20.6 Å². The van der Waals surface area contributed by atoms with E-state index in [-0.39, 0.29) is 22.6 Å². The number of benzene rings is 1. The van der Waals surface area contributed by atoms with Gasteiger partial charge in [0, 0.05) is 18.0 Å². The lowest BCUT2D eigenvalue weighted by Crippen LogP contribution is -2.45. The first-order chi connectivity index (χ1) is 14.6. The Morgan fingerprint density at radius 1 is 1.16 bits per heavy atom. The third-order valence-corrected chi connectivity index (χ3v) is 4.53. The Hall–Kier alpha value is -3.34. The molecular weight excluding hydrogens is 437 g/mol. The second-order valence-electron chi connectivity index (χ2n) is 6.83. The standard InChI is InChI=1S/C19H18ClF3N6O2/c1-10(2)15(25-14-4-3-12(9-13(14)20)19(21,22)23)17(30)27-28-18-26-16(29-31-18)11-5-7-24-8-6-11/h3-10,15,25H,1-2H3,(H,27,30)(H,26,28,29)/t15-/m0/s1. The van der Waals surface area contributed by atoms with Gasteiger partial charge < -0.3 is 9.84 Å². The summed E-state index contributed by atoms with van der Waals surface area (Å²) in [5.74, 6) is -0.431. The van der Waals surface area contributed by atoms with Crippen LogP contribution in [-0.4, -0.2) is 27.1 Å². The van der Waals surface area contributed by atoms with Gasteiger partial charge in [-0.3, -0.25) is 15.2 Å². The maximum atomic E-state index is 12.8. The number of hydrogen-bond donors (Lipinski definition) is 3. The monoisotopic (exact) mass is 454 g/mol. The number of aromatic nitrogens is 3. The second kappa shape index (κ2) is 9.21. The van der Waals surface area contributed by atoms with Gasteiger partial charge in [0.1, 0.15) is 6.04 Å². The van der Waals surface area contributed by atoms with Crippen LogP contribution in [0.2, 0.25) is 5.02 Å². The Kier molecular flexibility index (Phi) is 6.64. The van der Waals surface area contributed by atoms with Crippen LogP contribution in [0.25, 0.3) is 11.4 Å². The van der Waals surface area contributed by atoms with E-state index in [0.29, 0.717) is 11.4 Å². The van der Waals surface area contributed by atoms with E-state index in [2.05, 4.69) is 31.3 Å². The van der Waals surface area contributed by atoms with E-state index in [1.807, 2.05) is 0 Å². The number of carbonyl (C=O) groups is 1. The van der Waals surface area contributed by atoms with Crippen molar-refractivity contribution in [2.24, 2.45) is 5.92 Å². The van der Waals surface area contributed by atoms with E-state index in [4.69, 9.17) is 16.1 Å². The quantitative estimate of drug-likeness (QED) is 0.455. The van der Waals surface area contributed by atoms with Crippen molar-refractivity contribution in [3.8, 4) is 11.4 Å². The molecule has 3 N–H and O–H groups in total. The van der Waals surface area contributed by atoms with Gasteiger partial charge in [-0.15, -0.1) is 0 Å². The number of hydrogen-bond acceptors (Lipinski definition) is 7. The lowest BCUT2D eigenvalue weighted by Gasteiger charge is -2.23. The summed E-state index contributed by atoms with van der Waals surface area (Å²) in [7, 11) is 0. The summed E-state index contributed by atoms with van der Waals surface area (Å²) in [6.07, 6.45) is -1.36. The third-order valence-electron chi connectivity index (χ3n) is 4.21. The number of nitrogens with zero attached hydrogens (tertiary/aromatic N) is 3. The third kappa shape index (κ3) is 5.63. The van der Waals surface area contributed by atoms with Crippen LogP contribution >= 0.6 is 11.6 Å². The molecule has 31 heavy (non-hydrogen) atoms. The highest BCUT2D eigenvalue weighted by Gasteiger charge is 2.31. The van der Waals surface area contributed by atoms with Gasteiger partial charge >= 0.3 is 12.2 Å². The van der Waals surface area contributed by atoms with Crippen LogP contribution in [0, 0.1) is 5.92 Å². The molecule has 2 aromatic heterocycles. The molecule has 0 bridgehead atoms. The zero-order chi connectivity index (χ0) is 22.6. The maximum Gasteiger partial charge on any atom is 0.416 e. The van der Waals surface area contributed by atoms with Crippen molar-refractivity contribution < 1.29 is 22.5 Å². The molecule has 0 aliphatic heterocycles. The minimum atomic E-state index is -4.51. The first-order valence-corrected chi connectivity index (χ1v) is 9.46. The summed E-state index contributed by atoms with van der Waals surface area (Å²) in [5, 5.41) is 6.51. The summed E-state index contributed by atoms with van der Waals surface area (Å²) in [5.41, 5.74) is 4.95. The first kappa shape index (κ1) is 22.3. The highest BCUT2D eigenvalue weighted by molar-refractivity contribution is 6.33. The molecule has 0 unspecified atom stereocenters. The Labute approximate surface area is 180 Å². The smallest absolute Gasteiger partial charge is 0.372 e. The fourth-order valence-electron chi connectivity index (χ4n) is 2.60. The van der Waals surface area contributed by atoms with Gasteiger partial charge in [-0.25, -0.2) is 5.43 Å². The van der Waals surface area contributed by atoms with Crippen molar-refractivity contribution in [1.29, 1.82) is 0 Å². The molecule has 0 saturated heterocycles. The zero-order valence-electron chi connectivity index (χ0n) is 16.4. The van der Waals surface area contributed by atoms with Crippen LogP contribution in [-0.2, 0) is 11.0 Å². The van der Waals surface area contributed by atoms with Gasteiger partial charge in [0.05, 0.1) is 16.3 Å². The van der Waals surface area contributed by atoms with E-state index < -0.39 is 23.7 Å². The largest absolute Gasteiger partial charge is 0.416 e. The van der Waals surface area contributed by atoms with E-state index in [1.165, 1.54) is 6.07 Å². The van der Waals surface area contributed by atoms with E-state index >= 15 is 0 Å². The van der Waals surface area contributed by atoms with Crippen molar-refractivity contribution in [2.45, 2.75) is 26.1 Å². The van der Waals surface area contributed by atoms with E-state index in [0.717, 1.165) is 12.1 Å². The second-order valence-corrected chi connectivity index (χ2v) is 7.24. The van der Waals surface area contributed by atoms with Crippen molar-refractivity contribution in [3.05, 3.63) is 53.3 Å². The summed E-state index contributed by atoms with van der Waals surface area (Å²) in [6, 6.07) is 5.40. The van der Waals surface area contributed by atoms with Gasteiger partial charge in [0.15, 0.2) is 0 Å². The molecule has 1 atom stereocenters. The number of amides is 1. The van der Waals surface area contributed by atoms with Gasteiger partial charge in [-0.2, -0.15) is 18.2 Å². The van der Waals surface area contributed by atoms with Gasteiger partial charge in [-0.1, -0.05) is 30.6 Å². The zero-order valence-corrected chi connectivity index (χ0v) is 17.1. The molecule has 2 heterocycles. The number of anilines is 2. The lowest BCUT2D eigenvalue weighted by molar-refractivity contribution is -0.137. The van der Waals surface area contributed by atoms with Crippen LogP contribution in [0.15, 0.2) is 47.2 Å². The summed E-state index contributed by atoms with van der Waals surface area (Å²) in [4.78, 5) is 20.6. The fraction of sp³-hybridized carbons (Fsp3) is 0.263. The Morgan fingerprint density at radius 3 is 2.48 bits per heavy atom. The van der Waals surface area contributed by atoms with Crippen LogP contribution in [0.5, 0.6) is 0 Å². The highest BCUT2D eigenvalue weighted by Crippen LogP contribution is 2.34. The molecule has 0 aliphatic carbocycles. The topological polar surface area (TPSA) is 105 Å². The summed E-state index contributed by atoms with van der Waals surface area (Å²) >= 11 is 5.98. The molecule has 8 nitrogen and oxygen atoms in total. The number of pyridine rings is 1. The van der Waals surface area contributed by atoms with Crippen LogP contribution in [0.3, 0.4) is 0 Å². The molecule has 1 aromatic carbocycles. The van der Waals surface area contributed by atoms with Crippen LogP contribution < -0.4 is 16.2 Å². The Bertz CT molecular complexity index is 1040. The van der Waals surface area contributed by atoms with Crippen molar-refractivity contribution in [2.75, 3.05) is 10.7 Å². The van der Waals surface area contributed by atoms with Crippen molar-refractivity contribution in [3.63, 3.8) is 0 Å². The molecule has 0 saturated carbocycles. The number of rotatable bonds is 7. The van der Waals surface area contributed by atoms with E-state index in [1.54, 1.807) is 38.4 Å². The summed E-state index contributed by atoms with van der Waals surface area (Å²) < 4.78 is 43.5. The SMILES string of the molecule is CC(C)[C@H](Nc1ccc(C(F)(F)F)cc1Cl)C(=O)NNc1nc(-c2ccncc2)no1. The average Bonchev–Trinajstić information content (AvgIpc) is 3.20. The van der Waals surface area contributed by atoms with Crippen LogP contribution in [0.1, 0.15) is 19.4 Å². The predicted octanol–water partition coefficient (Wildman–Crippen LogP) is 4.38. The normalized spacial score (nSPS) is 12.5. The molecule has 3 rings (SSSR count). The molecule has 0 spiro atoms. The van der Waals surface area contributed by atoms with Gasteiger partial charge in [0.25, 0.3) is 5.91 Å². The highest BCUT2D eigenvalue weighted by atomic mass is 35.5. The molecule has 1 amide bonds. The molecule has 164 valence electrons. The number of alkyl halides is 3. The molecule has 0 fully saturated rings. The van der Waals surface area contributed by atoms with Crippen LogP contribution in [0.4, 0.5) is 24.9 Å². The van der Waals surface area contributed by atoms with Crippen molar-refractivity contribution >= 4 is 29.2 Å². The van der Waals surface area contributed by atoms with Gasteiger partial charge in [-0.05, 0) is 36.2 Å². The number of hydrazine groups is 1. The van der Waals surface area contributed by atoms with E-state index in [9.17, 15) is 18.0 Å². The number of nitrogens with one attached hydrogen (secondary N) is 3. The molecule has 0 aliphatic rings. The van der Waals surface area contributed by atoms with Gasteiger partial charge in [0.2, 0.25) is 5.82 Å². The molecular formula is C19H18ClF3N6O2. The minimum Gasteiger partial charge on any atom is -0.372 e. The fourth-order valence-corrected chi connectivity index (χ4v) is 2.83. The Morgan fingerprint density at radius 2 is 1.87 bits per heavy atom. The molecule has 3 aromatic rings. The molecule has 0 radical (unpaired) electrons. The average molecular weight is 455 g/mol. The number of halogens is 4. The number of carbonyl (C=O) groups excluding carboxylic acids is 1. The molecule has 12 heteroatoms. The Balaban J connectivity index is 1.66. The predicted molar refractivity (Wildman–Crippen MR) is 108 cm³/mol. The first-order valence-electron chi connectivity index (χ1n) is 9.08.